The van der Waals surface area contributed by atoms with Gasteiger partial charge in [-0.3, -0.25) is 0 Å². The van der Waals surface area contributed by atoms with Gasteiger partial charge in [-0.2, -0.15) is 0 Å². The van der Waals surface area contributed by atoms with Crippen LogP contribution >= 0.6 is 22.6 Å². The van der Waals surface area contributed by atoms with Crippen molar-refractivity contribution in [1.29, 1.82) is 0 Å². The van der Waals surface area contributed by atoms with E-state index in [9.17, 15) is 21.6 Å². The largest absolute Gasteiger partial charge is 0.573 e. The average Bonchev–Trinajstić information content (AvgIpc) is 2.16. The number of hydrogen-bond acceptors (Lipinski definition) is 5. The third-order valence-corrected chi connectivity index (χ3v) is 3.71. The lowest BCUT2D eigenvalue weighted by atomic mass is 10.4. The molecule has 6 nitrogen and oxygen atoms in total. The second-order valence-corrected chi connectivity index (χ2v) is 5.43. The van der Waals surface area contributed by atoms with E-state index in [-0.39, 0.29) is 3.70 Å². The summed E-state index contributed by atoms with van der Waals surface area (Å²) in [6, 6.07) is 0.608. The van der Waals surface area contributed by atoms with Gasteiger partial charge in [-0.05, 0) is 22.6 Å². The van der Waals surface area contributed by atoms with E-state index in [1.165, 1.54) is 22.6 Å². The highest BCUT2D eigenvalue weighted by molar-refractivity contribution is 14.1. The minimum absolute atomic E-state index is 0.124. The van der Waals surface area contributed by atoms with Gasteiger partial charge in [0.15, 0.2) is 5.75 Å². The maximum atomic E-state index is 12.1. The molecule has 0 aliphatic carbocycles. The van der Waals surface area contributed by atoms with Crippen molar-refractivity contribution in [3.05, 3.63) is 9.77 Å². The fourth-order valence-electron chi connectivity index (χ4n) is 0.983. The maximum Gasteiger partial charge on any atom is 0.573 e. The zero-order valence-corrected chi connectivity index (χ0v) is 11.6. The van der Waals surface area contributed by atoms with Crippen LogP contribution in [0.4, 0.5) is 13.2 Å². The molecule has 11 heteroatoms. The van der Waals surface area contributed by atoms with E-state index < -0.39 is 32.9 Å². The number of nitrogens with zero attached hydrogens (tertiary/aromatic N) is 1. The van der Waals surface area contributed by atoms with E-state index in [1.54, 1.807) is 0 Å². The minimum Gasteiger partial charge on any atom is -0.478 e. The molecule has 2 N–H and O–H groups in total. The lowest BCUT2D eigenvalue weighted by molar-refractivity contribution is -0.275. The number of methoxy groups -OCH3 is 1. The fourth-order valence-corrected chi connectivity index (χ4v) is 2.83. The van der Waals surface area contributed by atoms with Crippen molar-refractivity contribution in [2.45, 2.75) is 11.3 Å². The molecule has 0 spiro atoms. The second kappa shape index (κ2) is 5.05. The van der Waals surface area contributed by atoms with Crippen LogP contribution in [-0.2, 0) is 10.0 Å². The van der Waals surface area contributed by atoms with E-state index in [0.29, 0.717) is 6.07 Å². The van der Waals surface area contributed by atoms with Crippen LogP contribution in [0.1, 0.15) is 0 Å². The Bertz CT molecular complexity index is 561. The summed E-state index contributed by atoms with van der Waals surface area (Å²) in [6.45, 7) is 0. The van der Waals surface area contributed by atoms with Crippen LogP contribution < -0.4 is 14.6 Å². The van der Waals surface area contributed by atoms with Gasteiger partial charge in [0.2, 0.25) is 10.0 Å². The first-order valence-corrected chi connectivity index (χ1v) is 6.70. The summed E-state index contributed by atoms with van der Waals surface area (Å²) in [7, 11) is -3.14. The van der Waals surface area contributed by atoms with E-state index in [4.69, 9.17) is 5.14 Å². The van der Waals surface area contributed by atoms with Crippen molar-refractivity contribution < 1.29 is 31.1 Å². The summed E-state index contributed by atoms with van der Waals surface area (Å²) in [5, 5.41) is 4.83. The number of halogens is 4. The highest BCUT2D eigenvalue weighted by Gasteiger charge is 2.34. The predicted octanol–water partition coefficient (Wildman–Crippen LogP) is 1.24. The summed E-state index contributed by atoms with van der Waals surface area (Å²) < 4.78 is 66.6. The SMILES string of the molecule is COc1nc(I)c(S(N)(=O)=O)cc1OC(F)(F)F. The first-order chi connectivity index (χ1) is 8.04. The standard InChI is InChI=1S/C7H6F3IN2O4S/c1-16-6-3(17-7(8,9)10)2-4(5(11)13-6)18(12,14)15/h2H,1H3,(H2,12,14,15). The molecule has 0 unspecified atom stereocenters. The minimum atomic E-state index is -5.00. The third-order valence-electron chi connectivity index (χ3n) is 1.60. The van der Waals surface area contributed by atoms with Gasteiger partial charge < -0.3 is 9.47 Å². The number of alkyl halides is 3. The number of ether oxygens (including phenoxy) is 2. The Morgan fingerprint density at radius 2 is 2.00 bits per heavy atom. The predicted molar refractivity (Wildman–Crippen MR) is 61.6 cm³/mol. The smallest absolute Gasteiger partial charge is 0.478 e. The topological polar surface area (TPSA) is 91.5 Å². The van der Waals surface area contributed by atoms with Gasteiger partial charge in [-0.15, -0.1) is 13.2 Å². The first kappa shape index (κ1) is 15.2. The normalized spacial score (nSPS) is 12.3. The Kier molecular flexibility index (Phi) is 4.27. The van der Waals surface area contributed by atoms with E-state index in [2.05, 4.69) is 14.5 Å². The molecule has 1 heterocycles. The number of rotatable bonds is 3. The first-order valence-electron chi connectivity index (χ1n) is 4.07. The van der Waals surface area contributed by atoms with E-state index in [1.807, 2.05) is 0 Å². The van der Waals surface area contributed by atoms with Crippen molar-refractivity contribution in [3.63, 3.8) is 0 Å². The summed E-state index contributed by atoms with van der Waals surface area (Å²) in [5.41, 5.74) is 0. The lowest BCUT2D eigenvalue weighted by Gasteiger charge is -2.13. The van der Waals surface area contributed by atoms with Crippen LogP contribution in [0, 0.1) is 3.70 Å². The number of sulfonamides is 1. The monoisotopic (exact) mass is 398 g/mol. The molecule has 0 amide bonds. The second-order valence-electron chi connectivity index (χ2n) is 2.88. The maximum absolute atomic E-state index is 12.1. The van der Waals surface area contributed by atoms with Crippen LogP contribution in [0.2, 0.25) is 0 Å². The third kappa shape index (κ3) is 3.84. The number of nitrogens with two attached hydrogens (primary N) is 1. The average molecular weight is 398 g/mol. The Labute approximate surface area is 113 Å². The quantitative estimate of drug-likeness (QED) is 0.611. The van der Waals surface area contributed by atoms with Crippen LogP contribution in [0.25, 0.3) is 0 Å². The molecule has 18 heavy (non-hydrogen) atoms. The molecular formula is C7H6F3IN2O4S. The number of aromatic nitrogens is 1. The summed E-state index contributed by atoms with van der Waals surface area (Å²) in [4.78, 5) is 2.94. The van der Waals surface area contributed by atoms with Gasteiger partial charge >= 0.3 is 6.36 Å². The van der Waals surface area contributed by atoms with Crippen molar-refractivity contribution in [1.82, 2.24) is 4.98 Å². The zero-order chi connectivity index (χ0) is 14.1. The molecule has 1 rings (SSSR count). The number of pyridine rings is 1. The van der Waals surface area contributed by atoms with Gasteiger partial charge in [0, 0.05) is 6.07 Å². The van der Waals surface area contributed by atoms with Gasteiger partial charge in [0.25, 0.3) is 5.88 Å². The highest BCUT2D eigenvalue weighted by Crippen LogP contribution is 2.33. The Balaban J connectivity index is 3.41. The summed E-state index contributed by atoms with van der Waals surface area (Å²) >= 11 is 1.50. The molecule has 1 aromatic heterocycles. The van der Waals surface area contributed by atoms with Crippen LogP contribution in [0.3, 0.4) is 0 Å². The Morgan fingerprint density at radius 3 is 2.39 bits per heavy atom. The Morgan fingerprint density at radius 1 is 1.44 bits per heavy atom. The lowest BCUT2D eigenvalue weighted by Crippen LogP contribution is -2.20. The molecule has 0 bridgehead atoms. The molecule has 0 aromatic carbocycles. The summed E-state index contributed by atoms with van der Waals surface area (Å²) in [6.07, 6.45) is -5.00. The number of hydrogen-bond donors (Lipinski definition) is 1. The highest BCUT2D eigenvalue weighted by atomic mass is 127. The molecule has 0 atom stereocenters. The molecule has 0 saturated heterocycles. The van der Waals surface area contributed by atoms with Crippen molar-refractivity contribution in [3.8, 4) is 11.6 Å². The number of primary sulfonamides is 1. The van der Waals surface area contributed by atoms with Crippen molar-refractivity contribution in [2.75, 3.05) is 7.11 Å². The molecule has 0 fully saturated rings. The van der Waals surface area contributed by atoms with Crippen LogP contribution in [0.5, 0.6) is 11.6 Å². The molecule has 0 saturated carbocycles. The van der Waals surface area contributed by atoms with Crippen molar-refractivity contribution >= 4 is 32.6 Å². The van der Waals surface area contributed by atoms with Crippen molar-refractivity contribution in [2.24, 2.45) is 5.14 Å². The van der Waals surface area contributed by atoms with Gasteiger partial charge in [0.1, 0.15) is 8.60 Å². The molecule has 0 aliphatic heterocycles. The zero-order valence-electron chi connectivity index (χ0n) is 8.66. The van der Waals surface area contributed by atoms with Gasteiger partial charge in [-0.1, -0.05) is 0 Å². The molecule has 1 aromatic rings. The molecule has 102 valence electrons. The fraction of sp³-hybridized carbons (Fsp3) is 0.286. The molecule has 0 aliphatic rings. The van der Waals surface area contributed by atoms with Crippen LogP contribution in [0.15, 0.2) is 11.0 Å². The van der Waals surface area contributed by atoms with Gasteiger partial charge in [-0.25, -0.2) is 18.5 Å². The molecule has 0 radical (unpaired) electrons. The Hall–Kier alpha value is -0.820. The van der Waals surface area contributed by atoms with E-state index in [0.717, 1.165) is 7.11 Å². The molecular weight excluding hydrogens is 392 g/mol. The summed E-state index contributed by atoms with van der Waals surface area (Å²) in [5.74, 6) is -1.38. The van der Waals surface area contributed by atoms with E-state index >= 15 is 0 Å². The van der Waals surface area contributed by atoms with Gasteiger partial charge in [0.05, 0.1) is 7.11 Å². The van der Waals surface area contributed by atoms with Crippen LogP contribution in [-0.4, -0.2) is 26.9 Å².